The SMILES string of the molecule is COc1ccc(-c2cc(C3(C)CC(c4c(C)noc4C)SC(N)=N3)c(F)cc2F)cn1. The summed E-state index contributed by atoms with van der Waals surface area (Å²) in [6, 6.07) is 5.68. The van der Waals surface area contributed by atoms with E-state index in [1.54, 1.807) is 19.1 Å². The van der Waals surface area contributed by atoms with E-state index in [1.807, 2.05) is 13.8 Å². The average Bonchev–Trinajstić information content (AvgIpc) is 3.05. The molecule has 0 spiro atoms. The Kier molecular flexibility index (Phi) is 5.47. The maximum absolute atomic E-state index is 15.0. The van der Waals surface area contributed by atoms with Crippen LogP contribution in [0, 0.1) is 25.5 Å². The van der Waals surface area contributed by atoms with Crippen LogP contribution in [0.1, 0.15) is 41.2 Å². The van der Waals surface area contributed by atoms with Crippen molar-refractivity contribution in [1.82, 2.24) is 10.1 Å². The molecule has 2 aromatic heterocycles. The van der Waals surface area contributed by atoms with Crippen molar-refractivity contribution in [2.75, 3.05) is 7.11 Å². The molecule has 31 heavy (non-hydrogen) atoms. The van der Waals surface area contributed by atoms with Crippen molar-refractivity contribution in [2.45, 2.75) is 38.0 Å². The summed E-state index contributed by atoms with van der Waals surface area (Å²) in [6.07, 6.45) is 1.94. The summed E-state index contributed by atoms with van der Waals surface area (Å²) in [5.74, 6) is -0.258. The Hall–Kier alpha value is -2.94. The van der Waals surface area contributed by atoms with E-state index in [1.165, 1.54) is 31.1 Å². The number of nitrogens with two attached hydrogens (primary N) is 1. The molecule has 0 aliphatic carbocycles. The number of halogens is 2. The molecule has 0 bridgehead atoms. The second-order valence-electron chi connectivity index (χ2n) is 7.67. The fraction of sp³-hybridized carbons (Fsp3) is 0.318. The third-order valence-corrected chi connectivity index (χ3v) is 6.53. The number of aromatic nitrogens is 2. The average molecular weight is 445 g/mol. The predicted molar refractivity (Wildman–Crippen MR) is 116 cm³/mol. The maximum atomic E-state index is 15.0. The number of hydrogen-bond acceptors (Lipinski definition) is 7. The van der Waals surface area contributed by atoms with Crippen molar-refractivity contribution in [1.29, 1.82) is 0 Å². The van der Waals surface area contributed by atoms with Gasteiger partial charge in [-0.2, -0.15) is 0 Å². The standard InChI is InChI=1S/C22H22F2N4O2S/c1-11-20(12(2)30-28-11)18-9-22(3,27-21(25)31-18)15-7-14(16(23)8-17(15)24)13-5-6-19(29-4)26-10-13/h5-8,10,18H,9H2,1-4H3,(H2,25,27). The minimum absolute atomic E-state index is 0.121. The Labute approximate surface area is 182 Å². The van der Waals surface area contributed by atoms with Crippen molar-refractivity contribution in [3.05, 3.63) is 64.7 Å². The van der Waals surface area contributed by atoms with Crippen molar-refractivity contribution < 1.29 is 18.0 Å². The Morgan fingerprint density at radius 1 is 1.23 bits per heavy atom. The molecular formula is C22H22F2N4O2S. The molecule has 162 valence electrons. The first-order valence-electron chi connectivity index (χ1n) is 9.66. The van der Waals surface area contributed by atoms with E-state index in [9.17, 15) is 4.39 Å². The van der Waals surface area contributed by atoms with Crippen molar-refractivity contribution >= 4 is 16.9 Å². The third kappa shape index (κ3) is 3.89. The Morgan fingerprint density at radius 2 is 2.00 bits per heavy atom. The smallest absolute Gasteiger partial charge is 0.212 e. The van der Waals surface area contributed by atoms with Gasteiger partial charge in [-0.1, -0.05) is 16.9 Å². The molecule has 3 aromatic rings. The lowest BCUT2D eigenvalue weighted by Gasteiger charge is -2.35. The summed E-state index contributed by atoms with van der Waals surface area (Å²) < 4.78 is 40.1. The topological polar surface area (TPSA) is 86.5 Å². The van der Waals surface area contributed by atoms with E-state index in [0.29, 0.717) is 28.8 Å². The number of rotatable bonds is 4. The molecule has 1 aliphatic rings. The minimum Gasteiger partial charge on any atom is -0.481 e. The van der Waals surface area contributed by atoms with E-state index in [0.717, 1.165) is 17.3 Å². The molecule has 4 rings (SSSR count). The number of aryl methyl sites for hydroxylation is 2. The Morgan fingerprint density at radius 3 is 2.61 bits per heavy atom. The molecule has 0 amide bonds. The molecule has 2 atom stereocenters. The number of ether oxygens (including phenoxy) is 1. The fourth-order valence-electron chi connectivity index (χ4n) is 3.99. The number of amidine groups is 1. The van der Waals surface area contributed by atoms with Gasteiger partial charge < -0.3 is 15.0 Å². The number of aliphatic imine (C=N–C) groups is 1. The maximum Gasteiger partial charge on any atom is 0.212 e. The number of pyridine rings is 1. The molecular weight excluding hydrogens is 422 g/mol. The highest BCUT2D eigenvalue weighted by molar-refractivity contribution is 8.14. The van der Waals surface area contributed by atoms with Gasteiger partial charge in [0.05, 0.1) is 18.3 Å². The summed E-state index contributed by atoms with van der Waals surface area (Å²) >= 11 is 1.39. The lowest BCUT2D eigenvalue weighted by atomic mass is 9.84. The van der Waals surface area contributed by atoms with Crippen molar-refractivity contribution in [2.24, 2.45) is 10.7 Å². The molecule has 6 nitrogen and oxygen atoms in total. The molecule has 0 saturated heterocycles. The number of thioether (sulfide) groups is 1. The summed E-state index contributed by atoms with van der Waals surface area (Å²) in [7, 11) is 1.50. The Bertz CT molecular complexity index is 1140. The largest absolute Gasteiger partial charge is 0.481 e. The monoisotopic (exact) mass is 444 g/mol. The van der Waals surface area contributed by atoms with Gasteiger partial charge in [0.25, 0.3) is 0 Å². The van der Waals surface area contributed by atoms with E-state index in [2.05, 4.69) is 15.1 Å². The molecule has 2 N–H and O–H groups in total. The number of methoxy groups -OCH3 is 1. The van der Waals surface area contributed by atoms with E-state index >= 15 is 4.39 Å². The van der Waals surface area contributed by atoms with Crippen LogP contribution in [-0.2, 0) is 5.54 Å². The first-order chi connectivity index (χ1) is 14.7. The Balaban J connectivity index is 1.79. The predicted octanol–water partition coefficient (Wildman–Crippen LogP) is 5.05. The van der Waals surface area contributed by atoms with Gasteiger partial charge >= 0.3 is 0 Å². The molecule has 1 aliphatic heterocycles. The third-order valence-electron chi connectivity index (χ3n) is 5.51. The zero-order valence-electron chi connectivity index (χ0n) is 17.6. The van der Waals surface area contributed by atoms with Crippen LogP contribution in [0.15, 0.2) is 40.0 Å². The molecule has 9 heteroatoms. The highest BCUT2D eigenvalue weighted by Crippen LogP contribution is 2.49. The molecule has 0 saturated carbocycles. The second kappa shape index (κ2) is 7.96. The molecule has 0 fully saturated rings. The summed E-state index contributed by atoms with van der Waals surface area (Å²) in [5, 5.41) is 4.23. The van der Waals surface area contributed by atoms with Crippen molar-refractivity contribution in [3.63, 3.8) is 0 Å². The lowest BCUT2D eigenvalue weighted by Crippen LogP contribution is -2.31. The summed E-state index contributed by atoms with van der Waals surface area (Å²) in [5.41, 5.74) is 7.84. The second-order valence-corrected chi connectivity index (χ2v) is 8.90. The van der Waals surface area contributed by atoms with Gasteiger partial charge in [0.15, 0.2) is 5.17 Å². The quantitative estimate of drug-likeness (QED) is 0.606. The first kappa shape index (κ1) is 21.3. The molecule has 0 radical (unpaired) electrons. The van der Waals surface area contributed by atoms with Crippen LogP contribution in [-0.4, -0.2) is 22.4 Å². The summed E-state index contributed by atoms with van der Waals surface area (Å²) in [4.78, 5) is 8.69. The molecule has 1 aromatic carbocycles. The van der Waals surface area contributed by atoms with Gasteiger partial charge in [-0.05, 0) is 39.3 Å². The van der Waals surface area contributed by atoms with Gasteiger partial charge in [-0.25, -0.2) is 13.8 Å². The fourth-order valence-corrected chi connectivity index (χ4v) is 5.40. The molecule has 3 heterocycles. The van der Waals surface area contributed by atoms with Crippen molar-refractivity contribution in [3.8, 4) is 17.0 Å². The van der Waals surface area contributed by atoms with Gasteiger partial charge in [0.2, 0.25) is 5.88 Å². The number of hydrogen-bond donors (Lipinski definition) is 1. The van der Waals surface area contributed by atoms with Crippen LogP contribution in [0.25, 0.3) is 11.1 Å². The normalized spacial score (nSPS) is 21.1. The molecule has 2 unspecified atom stereocenters. The van der Waals surface area contributed by atoms with E-state index in [4.69, 9.17) is 15.0 Å². The van der Waals surface area contributed by atoms with Crippen LogP contribution in [0.3, 0.4) is 0 Å². The van der Waals surface area contributed by atoms with E-state index < -0.39 is 17.2 Å². The van der Waals surface area contributed by atoms with Crippen LogP contribution in [0.5, 0.6) is 5.88 Å². The van der Waals surface area contributed by atoms with Gasteiger partial charge in [-0.3, -0.25) is 4.99 Å². The van der Waals surface area contributed by atoms with Crippen LogP contribution >= 0.6 is 11.8 Å². The van der Waals surface area contributed by atoms with Crippen LogP contribution < -0.4 is 10.5 Å². The minimum atomic E-state index is -0.997. The van der Waals surface area contributed by atoms with Gasteiger partial charge in [0, 0.05) is 45.8 Å². The highest BCUT2D eigenvalue weighted by Gasteiger charge is 2.39. The zero-order valence-corrected chi connectivity index (χ0v) is 18.4. The van der Waals surface area contributed by atoms with Gasteiger partial charge in [0.1, 0.15) is 17.4 Å². The van der Waals surface area contributed by atoms with E-state index in [-0.39, 0.29) is 16.4 Å². The number of nitrogens with zero attached hydrogens (tertiary/aromatic N) is 3. The summed E-state index contributed by atoms with van der Waals surface area (Å²) in [6.45, 7) is 5.50. The highest BCUT2D eigenvalue weighted by atomic mass is 32.2. The zero-order chi connectivity index (χ0) is 22.3. The first-order valence-corrected chi connectivity index (χ1v) is 10.5. The lowest BCUT2D eigenvalue weighted by molar-refractivity contribution is 0.389. The number of benzene rings is 1. The van der Waals surface area contributed by atoms with Gasteiger partial charge in [-0.15, -0.1) is 0 Å². The van der Waals surface area contributed by atoms with Crippen LogP contribution in [0.4, 0.5) is 8.78 Å². The van der Waals surface area contributed by atoms with Crippen LogP contribution in [0.2, 0.25) is 0 Å².